The standard InChI is InChI=1S/C49H62FN7O3/c1-10-13-17-42(60-30-49-20-14-24-57(49)25-15-21-49)54-47(56-23-16-22-52-35(29-56)27-41(51)48(59)55(8)9)44-33(7)32(6)43(46(38(44)12-3)53-31(4)5)39-28-36(58)26-34-18-19-40(50)37(11-2)45(34)39/h2,12,17-19,26-28,31,58H,10,13-16,20-25,29-30,51H2,1,3-9H3/b38-12-,41-27-,42-17-,53-46?,54-47+. The summed E-state index contributed by atoms with van der Waals surface area (Å²) in [6, 6.07) is 6.13. The molecule has 0 saturated carbocycles. The molecule has 0 atom stereocenters. The van der Waals surface area contributed by atoms with Gasteiger partial charge in [-0.3, -0.25) is 19.7 Å². The Morgan fingerprint density at radius 3 is 2.53 bits per heavy atom. The maximum absolute atomic E-state index is 15.5. The quantitative estimate of drug-likeness (QED) is 0.0775. The van der Waals surface area contributed by atoms with Crippen LogP contribution in [-0.4, -0.2) is 108 Å². The number of hydrogen-bond acceptors (Lipinski definition) is 8. The molecule has 2 saturated heterocycles. The summed E-state index contributed by atoms with van der Waals surface area (Å²) in [4.78, 5) is 34.9. The highest BCUT2D eigenvalue weighted by Gasteiger charge is 2.45. The number of amides is 1. The van der Waals surface area contributed by atoms with Crippen molar-refractivity contribution in [2.75, 3.05) is 53.4 Å². The largest absolute Gasteiger partial charge is 0.508 e. The summed E-state index contributed by atoms with van der Waals surface area (Å²) in [6.07, 6.45) is 18.8. The lowest BCUT2D eigenvalue weighted by Gasteiger charge is -2.34. The minimum absolute atomic E-state index is 0.0191. The Morgan fingerprint density at radius 2 is 1.88 bits per heavy atom. The smallest absolute Gasteiger partial charge is 0.269 e. The van der Waals surface area contributed by atoms with E-state index in [2.05, 4.69) is 41.7 Å². The van der Waals surface area contributed by atoms with E-state index >= 15 is 4.39 Å². The van der Waals surface area contributed by atoms with Gasteiger partial charge in [0.05, 0.1) is 34.8 Å². The van der Waals surface area contributed by atoms with Crippen molar-refractivity contribution in [3.63, 3.8) is 0 Å². The van der Waals surface area contributed by atoms with E-state index in [4.69, 9.17) is 31.9 Å². The van der Waals surface area contributed by atoms with Crippen molar-refractivity contribution in [3.8, 4) is 18.1 Å². The van der Waals surface area contributed by atoms with E-state index in [1.807, 2.05) is 27.7 Å². The summed E-state index contributed by atoms with van der Waals surface area (Å²) in [5.74, 6) is 3.10. The predicted molar refractivity (Wildman–Crippen MR) is 244 cm³/mol. The first kappa shape index (κ1) is 44.1. The van der Waals surface area contributed by atoms with E-state index < -0.39 is 5.82 Å². The van der Waals surface area contributed by atoms with Gasteiger partial charge in [0.1, 0.15) is 24.0 Å². The fourth-order valence-electron chi connectivity index (χ4n) is 9.11. The number of fused-ring (bicyclic) bond motifs is 2. The summed E-state index contributed by atoms with van der Waals surface area (Å²) in [7, 11) is 3.35. The van der Waals surface area contributed by atoms with Gasteiger partial charge < -0.3 is 25.4 Å². The molecule has 0 spiro atoms. The Labute approximate surface area is 355 Å². The van der Waals surface area contributed by atoms with Gasteiger partial charge in [-0.2, -0.15) is 4.99 Å². The van der Waals surface area contributed by atoms with Gasteiger partial charge >= 0.3 is 0 Å². The first-order valence-electron chi connectivity index (χ1n) is 21.5. The number of ether oxygens (including phenoxy) is 1. The fourth-order valence-corrected chi connectivity index (χ4v) is 9.11. The third-order valence-electron chi connectivity index (χ3n) is 12.1. The van der Waals surface area contributed by atoms with E-state index in [9.17, 15) is 9.90 Å². The normalized spacial score (nSPS) is 20.6. The molecule has 0 radical (unpaired) electrons. The number of aromatic hydroxyl groups is 1. The summed E-state index contributed by atoms with van der Waals surface area (Å²) < 4.78 is 22.3. The number of terminal acetylenes is 1. The van der Waals surface area contributed by atoms with Crippen molar-refractivity contribution < 1.29 is 19.0 Å². The van der Waals surface area contributed by atoms with E-state index in [1.54, 1.807) is 38.4 Å². The van der Waals surface area contributed by atoms with Gasteiger partial charge in [-0.15, -0.1) is 6.42 Å². The summed E-state index contributed by atoms with van der Waals surface area (Å²) in [5.41, 5.74) is 12.9. The van der Waals surface area contributed by atoms with Crippen LogP contribution in [0.25, 0.3) is 16.3 Å². The molecule has 3 heterocycles. The van der Waals surface area contributed by atoms with Crippen LogP contribution in [0.4, 0.5) is 4.39 Å². The predicted octanol–water partition coefficient (Wildman–Crippen LogP) is 8.33. The Bertz CT molecular complexity index is 2310. The molecule has 6 rings (SSSR count). The second-order valence-electron chi connectivity index (χ2n) is 16.9. The fraction of sp³-hybridized carbons (Fsp3) is 0.469. The number of benzene rings is 2. The number of nitrogens with two attached hydrogens (primary N) is 1. The molecule has 1 amide bonds. The molecular formula is C49H62FN7O3. The number of carbonyl (C=O) groups is 1. The maximum Gasteiger partial charge on any atom is 0.269 e. The number of nitrogens with zero attached hydrogens (tertiary/aromatic N) is 6. The lowest BCUT2D eigenvalue weighted by Crippen LogP contribution is -2.42. The molecule has 3 N–H and O–H groups in total. The number of allylic oxidation sites excluding steroid dienone is 5. The lowest BCUT2D eigenvalue weighted by molar-refractivity contribution is -0.124. The highest BCUT2D eigenvalue weighted by Crippen LogP contribution is 2.44. The molecule has 2 aromatic carbocycles. The van der Waals surface area contributed by atoms with Crippen molar-refractivity contribution >= 4 is 39.5 Å². The zero-order valence-electron chi connectivity index (χ0n) is 36.8. The minimum atomic E-state index is -0.508. The van der Waals surface area contributed by atoms with Crippen molar-refractivity contribution in [3.05, 3.63) is 93.3 Å². The van der Waals surface area contributed by atoms with Crippen LogP contribution in [0.3, 0.4) is 0 Å². The molecule has 4 aliphatic rings. The van der Waals surface area contributed by atoms with E-state index in [0.29, 0.717) is 65.7 Å². The van der Waals surface area contributed by atoms with Crippen molar-refractivity contribution in [1.82, 2.24) is 14.7 Å². The van der Waals surface area contributed by atoms with Crippen LogP contribution in [-0.2, 0) is 9.53 Å². The van der Waals surface area contributed by atoms with Crippen LogP contribution in [0.15, 0.2) is 91.3 Å². The minimum Gasteiger partial charge on any atom is -0.508 e. The van der Waals surface area contributed by atoms with E-state index in [1.165, 1.54) is 23.8 Å². The van der Waals surface area contributed by atoms with Gasteiger partial charge in [-0.1, -0.05) is 31.4 Å². The number of carbonyl (C=O) groups excluding carboxylic acids is 1. The number of aliphatic imine (C=N–C) groups is 3. The molecule has 318 valence electrons. The summed E-state index contributed by atoms with van der Waals surface area (Å²) in [5, 5.41) is 12.3. The molecule has 3 aliphatic heterocycles. The zero-order valence-corrected chi connectivity index (χ0v) is 36.8. The average molecular weight is 816 g/mol. The SMILES string of the molecule is C#Cc1c(F)ccc2cc(O)cc(C3=C(C)C(C)=C(/C(=N\C(=C\CCC)OCC45CCCN4CCC5)N4CCCN=C(/C=C(\N)C(=O)N(C)C)C4)/C(=C/C)C3=NC(C)C)c12. The Hall–Kier alpha value is -5.47. The molecule has 2 aromatic rings. The van der Waals surface area contributed by atoms with Crippen LogP contribution in [0.2, 0.25) is 0 Å². The number of phenolic OH excluding ortho intramolecular Hbond substituents is 1. The van der Waals surface area contributed by atoms with Gasteiger partial charge in [0.15, 0.2) is 0 Å². The highest BCUT2D eigenvalue weighted by molar-refractivity contribution is 6.40. The second kappa shape index (κ2) is 18.8. The molecule has 2 fully saturated rings. The third kappa shape index (κ3) is 8.99. The number of rotatable bonds is 11. The number of amidine groups is 1. The van der Waals surface area contributed by atoms with Gasteiger partial charge in [-0.25, -0.2) is 4.39 Å². The molecule has 0 unspecified atom stereocenters. The first-order valence-corrected chi connectivity index (χ1v) is 21.5. The van der Waals surface area contributed by atoms with Crippen LogP contribution in [0, 0.1) is 18.2 Å². The molecule has 1 aliphatic carbocycles. The van der Waals surface area contributed by atoms with Crippen molar-refractivity contribution in [2.45, 2.75) is 98.1 Å². The summed E-state index contributed by atoms with van der Waals surface area (Å²) in [6.45, 7) is 16.6. The van der Waals surface area contributed by atoms with Crippen molar-refractivity contribution in [2.24, 2.45) is 20.7 Å². The zero-order chi connectivity index (χ0) is 43.3. The van der Waals surface area contributed by atoms with Crippen LogP contribution < -0.4 is 5.73 Å². The van der Waals surface area contributed by atoms with Crippen LogP contribution in [0.1, 0.15) is 97.6 Å². The Balaban J connectivity index is 1.61. The topological polar surface area (TPSA) is 119 Å². The monoisotopic (exact) mass is 815 g/mol. The third-order valence-corrected chi connectivity index (χ3v) is 12.1. The van der Waals surface area contributed by atoms with Gasteiger partial charge in [0.2, 0.25) is 5.88 Å². The number of halogens is 1. The molecule has 10 nitrogen and oxygen atoms in total. The van der Waals surface area contributed by atoms with Crippen LogP contribution in [0.5, 0.6) is 5.75 Å². The number of hydrogen-bond donors (Lipinski definition) is 2. The lowest BCUT2D eigenvalue weighted by atomic mass is 9.77. The number of phenols is 1. The molecular weight excluding hydrogens is 754 g/mol. The van der Waals surface area contributed by atoms with E-state index in [0.717, 1.165) is 73.1 Å². The molecule has 0 aromatic heterocycles. The average Bonchev–Trinajstić information content (AvgIpc) is 3.72. The second-order valence-corrected chi connectivity index (χ2v) is 16.9. The molecule has 0 bridgehead atoms. The Morgan fingerprint density at radius 1 is 1.15 bits per heavy atom. The first-order chi connectivity index (χ1) is 28.7. The van der Waals surface area contributed by atoms with Gasteiger partial charge in [-0.05, 0) is 139 Å². The van der Waals surface area contributed by atoms with Gasteiger partial charge in [0, 0.05) is 55.3 Å². The number of likely N-dealkylation sites (N-methyl/N-ethyl adjacent to an activating group) is 1. The molecule has 11 heteroatoms. The van der Waals surface area contributed by atoms with Crippen LogP contribution >= 0.6 is 0 Å². The number of unbranched alkanes of at least 4 members (excludes halogenated alkanes) is 1. The summed E-state index contributed by atoms with van der Waals surface area (Å²) >= 11 is 0. The molecule has 60 heavy (non-hydrogen) atoms. The van der Waals surface area contributed by atoms with E-state index in [-0.39, 0.29) is 34.5 Å². The van der Waals surface area contributed by atoms with Crippen molar-refractivity contribution in [1.29, 1.82) is 0 Å². The maximum atomic E-state index is 15.5. The van der Waals surface area contributed by atoms with Gasteiger partial charge in [0.25, 0.3) is 5.91 Å². The Kier molecular flexibility index (Phi) is 13.8. The highest BCUT2D eigenvalue weighted by atomic mass is 19.1.